The van der Waals surface area contributed by atoms with Crippen molar-refractivity contribution in [3.05, 3.63) is 34.6 Å². The number of hydrogen-bond acceptors (Lipinski definition) is 4. The van der Waals surface area contributed by atoms with Crippen LogP contribution in [0.25, 0.3) is 0 Å². The van der Waals surface area contributed by atoms with Crippen LogP contribution in [-0.4, -0.2) is 65.9 Å². The second kappa shape index (κ2) is 8.96. The van der Waals surface area contributed by atoms with Crippen molar-refractivity contribution in [3.63, 3.8) is 0 Å². The molecule has 9 heteroatoms. The molecule has 1 heterocycles. The molecule has 1 saturated heterocycles. The number of ether oxygens (including phenoxy) is 1. The van der Waals surface area contributed by atoms with E-state index < -0.39 is 11.9 Å². The van der Waals surface area contributed by atoms with Crippen LogP contribution < -0.4 is 5.32 Å². The number of piperidine rings is 1. The van der Waals surface area contributed by atoms with E-state index in [0.29, 0.717) is 30.1 Å². The molecule has 3 amide bonds. The highest BCUT2D eigenvalue weighted by molar-refractivity contribution is 6.30. The normalized spacial score (nSPS) is 21.9. The predicted molar refractivity (Wildman–Crippen MR) is 101 cm³/mol. The Morgan fingerprint density at radius 1 is 1.36 bits per heavy atom. The zero-order valence-electron chi connectivity index (χ0n) is 15.7. The summed E-state index contributed by atoms with van der Waals surface area (Å²) in [5.74, 6) is -0.596. The molecule has 0 unspecified atom stereocenters. The summed E-state index contributed by atoms with van der Waals surface area (Å²) < 4.78 is 18.8. The first kappa shape index (κ1) is 20.7. The van der Waals surface area contributed by atoms with E-state index in [1.807, 2.05) is 0 Å². The Bertz CT molecular complexity index is 731. The van der Waals surface area contributed by atoms with Gasteiger partial charge in [-0.05, 0) is 31.4 Å². The third-order valence-corrected chi connectivity index (χ3v) is 5.45. The minimum atomic E-state index is -0.472. The van der Waals surface area contributed by atoms with E-state index >= 15 is 0 Å². The monoisotopic (exact) mass is 413 g/mol. The summed E-state index contributed by atoms with van der Waals surface area (Å²) in [6.07, 6.45) is 1.91. The molecule has 0 bridgehead atoms. The molecule has 28 heavy (non-hydrogen) atoms. The number of amides is 3. The smallest absolute Gasteiger partial charge is 0.409 e. The summed E-state index contributed by atoms with van der Waals surface area (Å²) in [7, 11) is 1.31. The highest BCUT2D eigenvalue weighted by atomic mass is 35.5. The number of hydrogen-bond donors (Lipinski definition) is 2. The summed E-state index contributed by atoms with van der Waals surface area (Å²) in [6, 6.07) is 3.89. The molecule has 0 spiro atoms. The Labute approximate surface area is 168 Å². The molecule has 1 aromatic carbocycles. The molecule has 1 aliphatic carbocycles. The van der Waals surface area contributed by atoms with E-state index in [1.54, 1.807) is 17.0 Å². The molecule has 0 radical (unpaired) electrons. The zero-order valence-corrected chi connectivity index (χ0v) is 16.5. The predicted octanol–water partition coefficient (Wildman–Crippen LogP) is 2.60. The number of likely N-dealkylation sites (tertiary alicyclic amines) is 1. The molecule has 3 rings (SSSR count). The van der Waals surface area contributed by atoms with Gasteiger partial charge in [0.05, 0.1) is 13.2 Å². The maximum Gasteiger partial charge on any atom is 0.409 e. The number of rotatable bonds is 5. The number of nitrogens with one attached hydrogen (secondary N) is 1. The van der Waals surface area contributed by atoms with Gasteiger partial charge < -0.3 is 25.0 Å². The third-order valence-electron chi connectivity index (χ3n) is 5.22. The number of nitrogens with zero attached hydrogens (tertiary/aromatic N) is 2. The van der Waals surface area contributed by atoms with Gasteiger partial charge in [-0.3, -0.25) is 0 Å². The average Bonchev–Trinajstić information content (AvgIpc) is 3.51. The fraction of sp³-hybridized carbons (Fsp3) is 0.579. The summed E-state index contributed by atoms with van der Waals surface area (Å²) >= 11 is 5.76. The summed E-state index contributed by atoms with van der Waals surface area (Å²) in [6.45, 7) is 0.722. The molecule has 1 aromatic rings. The van der Waals surface area contributed by atoms with Gasteiger partial charge in [-0.1, -0.05) is 17.7 Å². The quantitative estimate of drug-likeness (QED) is 0.777. The van der Waals surface area contributed by atoms with Gasteiger partial charge in [0.15, 0.2) is 0 Å². The van der Waals surface area contributed by atoms with Crippen LogP contribution in [0.1, 0.15) is 24.8 Å². The van der Waals surface area contributed by atoms with Gasteiger partial charge in [0.25, 0.3) is 0 Å². The lowest BCUT2D eigenvalue weighted by Gasteiger charge is -2.41. The van der Waals surface area contributed by atoms with Crippen LogP contribution in [-0.2, 0) is 11.3 Å². The molecule has 2 aliphatic rings. The van der Waals surface area contributed by atoms with Crippen molar-refractivity contribution >= 4 is 23.7 Å². The van der Waals surface area contributed by atoms with E-state index in [0.717, 1.165) is 12.8 Å². The summed E-state index contributed by atoms with van der Waals surface area (Å²) in [5.41, 5.74) is 0.349. The fourth-order valence-electron chi connectivity index (χ4n) is 3.70. The number of carbonyl (C=O) groups is 2. The number of urea groups is 1. The van der Waals surface area contributed by atoms with Gasteiger partial charge in [0.2, 0.25) is 0 Å². The summed E-state index contributed by atoms with van der Waals surface area (Å²) in [5, 5.41) is 12.7. The van der Waals surface area contributed by atoms with Gasteiger partial charge in [0, 0.05) is 48.8 Å². The van der Waals surface area contributed by atoms with Gasteiger partial charge in [-0.2, -0.15) is 0 Å². The molecule has 7 nitrogen and oxygen atoms in total. The average molecular weight is 414 g/mol. The van der Waals surface area contributed by atoms with Crippen molar-refractivity contribution in [3.8, 4) is 0 Å². The topological polar surface area (TPSA) is 82.1 Å². The standard InChI is InChI=1S/C19H25ClFN3O4/c1-28-19(27)23-9-12(11-25)6-16(10-23)24(15-4-5-15)18(26)22-8-13-2-3-14(20)7-17(13)21/h2-3,7,12,15-16,25H,4-6,8-11H2,1H3,(H,22,26)/t12-,16-/m1/s1. The van der Waals surface area contributed by atoms with Gasteiger partial charge in [0.1, 0.15) is 5.82 Å². The lowest BCUT2D eigenvalue weighted by molar-refractivity contribution is 0.0464. The van der Waals surface area contributed by atoms with E-state index in [9.17, 15) is 19.1 Å². The largest absolute Gasteiger partial charge is 0.453 e. The van der Waals surface area contributed by atoms with E-state index in [2.05, 4.69) is 5.32 Å². The number of carbonyl (C=O) groups excluding carboxylic acids is 2. The van der Waals surface area contributed by atoms with E-state index in [1.165, 1.54) is 18.1 Å². The molecular weight excluding hydrogens is 389 g/mol. The third kappa shape index (κ3) is 4.86. The van der Waals surface area contributed by atoms with Crippen LogP contribution in [0.15, 0.2) is 18.2 Å². The lowest BCUT2D eigenvalue weighted by Crippen LogP contribution is -2.57. The van der Waals surface area contributed by atoms with Crippen molar-refractivity contribution < 1.29 is 23.8 Å². The molecule has 1 saturated carbocycles. The maximum absolute atomic E-state index is 14.0. The first-order valence-electron chi connectivity index (χ1n) is 9.36. The molecule has 2 atom stereocenters. The van der Waals surface area contributed by atoms with Crippen molar-refractivity contribution in [2.24, 2.45) is 5.92 Å². The van der Waals surface area contributed by atoms with Gasteiger partial charge in [-0.15, -0.1) is 0 Å². The Balaban J connectivity index is 1.69. The van der Waals surface area contributed by atoms with Crippen molar-refractivity contribution in [2.75, 3.05) is 26.8 Å². The fourth-order valence-corrected chi connectivity index (χ4v) is 3.85. The van der Waals surface area contributed by atoms with Crippen LogP contribution in [0.2, 0.25) is 5.02 Å². The van der Waals surface area contributed by atoms with Crippen LogP contribution in [0.4, 0.5) is 14.0 Å². The highest BCUT2D eigenvalue weighted by Crippen LogP contribution is 2.33. The SMILES string of the molecule is COC(=O)N1C[C@H](CO)C[C@@H](N(C(=O)NCc2ccc(Cl)cc2F)C2CC2)C1. The molecule has 154 valence electrons. The maximum atomic E-state index is 14.0. The highest BCUT2D eigenvalue weighted by Gasteiger charge is 2.42. The first-order chi connectivity index (χ1) is 13.4. The number of benzene rings is 1. The second-order valence-corrected chi connectivity index (χ2v) is 7.78. The van der Waals surface area contributed by atoms with E-state index in [4.69, 9.17) is 16.3 Å². The molecule has 1 aliphatic heterocycles. The van der Waals surface area contributed by atoms with Gasteiger partial charge in [-0.25, -0.2) is 14.0 Å². The second-order valence-electron chi connectivity index (χ2n) is 7.35. The van der Waals surface area contributed by atoms with Crippen LogP contribution in [0.3, 0.4) is 0 Å². The van der Waals surface area contributed by atoms with Gasteiger partial charge >= 0.3 is 12.1 Å². The van der Waals surface area contributed by atoms with E-state index in [-0.39, 0.29) is 37.2 Å². The minimum absolute atomic E-state index is 0.0436. The van der Waals surface area contributed by atoms with Crippen LogP contribution in [0.5, 0.6) is 0 Å². The summed E-state index contributed by atoms with van der Waals surface area (Å²) in [4.78, 5) is 28.1. The Kier molecular flexibility index (Phi) is 6.61. The Hall–Kier alpha value is -2.06. The molecule has 2 N–H and O–H groups in total. The number of aliphatic hydroxyl groups is 1. The van der Waals surface area contributed by atoms with Crippen molar-refractivity contribution in [1.82, 2.24) is 15.1 Å². The molecular formula is C19H25ClFN3O4. The molecule has 2 fully saturated rings. The van der Waals surface area contributed by atoms with Crippen LogP contribution >= 0.6 is 11.6 Å². The number of methoxy groups -OCH3 is 1. The molecule has 0 aromatic heterocycles. The number of halogens is 2. The Morgan fingerprint density at radius 2 is 2.11 bits per heavy atom. The minimum Gasteiger partial charge on any atom is -0.453 e. The number of aliphatic hydroxyl groups excluding tert-OH is 1. The first-order valence-corrected chi connectivity index (χ1v) is 9.74. The Morgan fingerprint density at radius 3 is 2.71 bits per heavy atom. The van der Waals surface area contributed by atoms with Crippen molar-refractivity contribution in [1.29, 1.82) is 0 Å². The zero-order chi connectivity index (χ0) is 20.3. The van der Waals surface area contributed by atoms with Crippen molar-refractivity contribution in [2.45, 2.75) is 37.9 Å². The van der Waals surface area contributed by atoms with Crippen LogP contribution in [0, 0.1) is 11.7 Å². The lowest BCUT2D eigenvalue weighted by atomic mass is 9.94.